The van der Waals surface area contributed by atoms with Crippen LogP contribution in [-0.2, 0) is 5.41 Å². The molecule has 0 bridgehead atoms. The van der Waals surface area contributed by atoms with Gasteiger partial charge in [-0.1, -0.05) is 159 Å². The minimum atomic E-state index is -0.609. The first-order valence-electron chi connectivity index (χ1n) is 16.9. The van der Waals surface area contributed by atoms with E-state index in [1.807, 2.05) is 42.5 Å². The van der Waals surface area contributed by atoms with Crippen LogP contribution in [0.15, 0.2) is 170 Å². The molecule has 0 fully saturated rings. The molecule has 1 aliphatic rings. The summed E-state index contributed by atoms with van der Waals surface area (Å²) in [7, 11) is 0. The summed E-state index contributed by atoms with van der Waals surface area (Å²) < 4.78 is 6.24. The zero-order valence-corrected chi connectivity index (χ0v) is 28.2. The fourth-order valence-electron chi connectivity index (χ4n) is 8.07. The van der Waals surface area contributed by atoms with Crippen molar-refractivity contribution >= 4 is 46.8 Å². The Hall–Kier alpha value is -6.38. The first kappa shape index (κ1) is 30.9. The van der Waals surface area contributed by atoms with Crippen LogP contribution in [0.3, 0.4) is 0 Å². The Morgan fingerprint density at radius 1 is 0.660 bits per heavy atom. The Morgan fingerprint density at radius 3 is 1.88 bits per heavy atom. The van der Waals surface area contributed by atoms with E-state index in [9.17, 15) is 0 Å². The summed E-state index contributed by atoms with van der Waals surface area (Å²) in [4.78, 5) is 2.28. The molecule has 0 radical (unpaired) electrons. The quantitative estimate of drug-likeness (QED) is 0.164. The maximum absolute atomic E-state index is 6.24. The summed E-state index contributed by atoms with van der Waals surface area (Å²) in [6.45, 7) is 19.7. The summed E-state index contributed by atoms with van der Waals surface area (Å²) in [5.74, 6) is 0. The van der Waals surface area contributed by atoms with Gasteiger partial charge in [0.25, 0.3) is 0 Å². The molecule has 0 aliphatic heterocycles. The Kier molecular flexibility index (Phi) is 7.58. The van der Waals surface area contributed by atoms with E-state index in [0.29, 0.717) is 5.42 Å². The summed E-state index contributed by atoms with van der Waals surface area (Å²) in [5.41, 5.74) is 14.0. The Balaban J connectivity index is 1.59. The van der Waals surface area contributed by atoms with Crippen molar-refractivity contribution in [3.05, 3.63) is 215 Å². The zero-order valence-electron chi connectivity index (χ0n) is 28.2. The number of rotatable bonds is 8. The van der Waals surface area contributed by atoms with Crippen LogP contribution >= 0.6 is 0 Å². The number of para-hydroxylation sites is 2. The lowest BCUT2D eigenvalue weighted by molar-refractivity contribution is 0.577. The molecule has 0 N–H and O–H groups in total. The van der Waals surface area contributed by atoms with Crippen molar-refractivity contribution in [1.82, 2.24) is 0 Å². The molecular weight excluding hydrogens is 607 g/mol. The standard InChI is InChI=1S/C48H37NO/c1-6-37-38(7-2)47-39-29-28-32(4)30-41(39)48(34-20-12-9-13-21-34,35-22-14-10-15-23-35)42(47)31-44(37)49(36-24-16-11-17-25-36)43(8-3)46-33(5)50-45-27-19-18-26-40(45)46/h6-31H,1-3,5H2,4H3/b46-43-. The predicted molar refractivity (Wildman–Crippen MR) is 212 cm³/mol. The summed E-state index contributed by atoms with van der Waals surface area (Å²) >= 11 is 0. The van der Waals surface area contributed by atoms with E-state index < -0.39 is 5.41 Å². The molecule has 2 nitrogen and oxygen atoms in total. The van der Waals surface area contributed by atoms with Gasteiger partial charge in [-0.15, -0.1) is 0 Å². The number of aryl methyl sites for hydroxylation is 1. The van der Waals surface area contributed by atoms with E-state index in [1.54, 1.807) is 0 Å². The second-order valence-corrected chi connectivity index (χ2v) is 12.7. The molecule has 240 valence electrons. The van der Waals surface area contributed by atoms with E-state index in [-0.39, 0.29) is 0 Å². The number of benzene rings is 6. The molecule has 0 unspecified atom stereocenters. The number of nitrogens with zero attached hydrogens (tertiary/aromatic N) is 1. The van der Waals surface area contributed by atoms with E-state index in [0.717, 1.165) is 44.4 Å². The van der Waals surface area contributed by atoms with Gasteiger partial charge in [0.05, 0.1) is 22.0 Å². The zero-order chi connectivity index (χ0) is 34.4. The maximum Gasteiger partial charge on any atom is 0.135 e. The van der Waals surface area contributed by atoms with Gasteiger partial charge in [-0.2, -0.15) is 0 Å². The van der Waals surface area contributed by atoms with Gasteiger partial charge in [-0.25, -0.2) is 0 Å². The number of anilines is 2. The van der Waals surface area contributed by atoms with Gasteiger partial charge in [0.15, 0.2) is 0 Å². The number of hydrogen-bond donors (Lipinski definition) is 0. The normalized spacial score (nSPS) is 13.3. The van der Waals surface area contributed by atoms with Crippen LogP contribution in [0.5, 0.6) is 0 Å². The van der Waals surface area contributed by atoms with Gasteiger partial charge >= 0.3 is 0 Å². The summed E-state index contributed by atoms with van der Waals surface area (Å²) in [5, 5.41) is 1.87. The van der Waals surface area contributed by atoms with E-state index >= 15 is 0 Å². The molecule has 2 heteroatoms. The van der Waals surface area contributed by atoms with Crippen LogP contribution in [0, 0.1) is 6.92 Å². The van der Waals surface area contributed by atoms with E-state index in [1.165, 1.54) is 38.9 Å². The molecule has 1 aromatic heterocycles. The molecule has 8 rings (SSSR count). The molecule has 0 saturated heterocycles. The molecule has 7 aromatic rings. The average Bonchev–Trinajstić information content (AvgIpc) is 3.65. The van der Waals surface area contributed by atoms with Crippen molar-refractivity contribution in [2.75, 3.05) is 4.90 Å². The molecule has 0 saturated carbocycles. The SMILES string of the molecule is C=C/C(=c1\c(=C)oc2ccccc12)N(c1ccccc1)c1cc2c(c(C=C)c1C=C)-c1ccc(C)cc1C2(c1ccccc1)c1ccccc1. The van der Waals surface area contributed by atoms with Gasteiger partial charge in [0.1, 0.15) is 11.0 Å². The third-order valence-electron chi connectivity index (χ3n) is 10.1. The average molecular weight is 644 g/mol. The molecule has 1 heterocycles. The Bertz CT molecular complexity index is 2520. The molecule has 0 atom stereocenters. The third-order valence-corrected chi connectivity index (χ3v) is 10.1. The van der Waals surface area contributed by atoms with Crippen LogP contribution in [0.4, 0.5) is 11.4 Å². The number of fused-ring (bicyclic) bond motifs is 4. The maximum atomic E-state index is 6.24. The van der Waals surface area contributed by atoms with Gasteiger partial charge in [0, 0.05) is 16.6 Å². The van der Waals surface area contributed by atoms with Crippen molar-refractivity contribution in [2.45, 2.75) is 12.3 Å². The lowest BCUT2D eigenvalue weighted by Crippen LogP contribution is -2.31. The lowest BCUT2D eigenvalue weighted by atomic mass is 9.67. The van der Waals surface area contributed by atoms with Gasteiger partial charge in [-0.05, 0) is 76.2 Å². The van der Waals surface area contributed by atoms with Crippen LogP contribution in [-0.4, -0.2) is 0 Å². The molecule has 50 heavy (non-hydrogen) atoms. The van der Waals surface area contributed by atoms with Crippen LogP contribution < -0.4 is 15.5 Å². The Morgan fingerprint density at radius 2 is 1.26 bits per heavy atom. The smallest absolute Gasteiger partial charge is 0.135 e. The van der Waals surface area contributed by atoms with E-state index in [4.69, 9.17) is 4.42 Å². The second-order valence-electron chi connectivity index (χ2n) is 12.7. The largest absolute Gasteiger partial charge is 0.457 e. The molecule has 0 amide bonds. The summed E-state index contributed by atoms with van der Waals surface area (Å²) in [6, 6.07) is 49.5. The van der Waals surface area contributed by atoms with Crippen molar-refractivity contribution in [3.63, 3.8) is 0 Å². The number of hydrogen-bond acceptors (Lipinski definition) is 2. The monoisotopic (exact) mass is 643 g/mol. The molecule has 1 aliphatic carbocycles. The lowest BCUT2D eigenvalue weighted by Gasteiger charge is -2.36. The highest BCUT2D eigenvalue weighted by atomic mass is 16.3. The van der Waals surface area contributed by atoms with Gasteiger partial charge in [-0.3, -0.25) is 0 Å². The van der Waals surface area contributed by atoms with Crippen LogP contribution in [0.1, 0.15) is 38.9 Å². The van der Waals surface area contributed by atoms with Crippen LogP contribution in [0.25, 0.3) is 46.5 Å². The fraction of sp³-hybridized carbons (Fsp3) is 0.0417. The first-order chi connectivity index (χ1) is 24.5. The molecule has 6 aromatic carbocycles. The minimum Gasteiger partial charge on any atom is -0.457 e. The molecule has 0 spiro atoms. The predicted octanol–water partition coefficient (Wildman–Crippen LogP) is 10.9. The fourth-order valence-corrected chi connectivity index (χ4v) is 8.07. The minimum absolute atomic E-state index is 0.582. The Labute approximate surface area is 293 Å². The summed E-state index contributed by atoms with van der Waals surface area (Å²) in [6.07, 6.45) is 5.86. The van der Waals surface area contributed by atoms with Crippen molar-refractivity contribution in [3.8, 4) is 11.1 Å². The van der Waals surface area contributed by atoms with E-state index in [2.05, 4.69) is 153 Å². The van der Waals surface area contributed by atoms with Crippen LogP contribution in [0.2, 0.25) is 0 Å². The number of furan rings is 1. The van der Waals surface area contributed by atoms with Gasteiger partial charge in [0.2, 0.25) is 0 Å². The van der Waals surface area contributed by atoms with Gasteiger partial charge < -0.3 is 9.32 Å². The van der Waals surface area contributed by atoms with Crippen molar-refractivity contribution < 1.29 is 4.42 Å². The highest BCUT2D eigenvalue weighted by Crippen LogP contribution is 2.59. The topological polar surface area (TPSA) is 16.4 Å². The third kappa shape index (κ3) is 4.49. The van der Waals surface area contributed by atoms with Crippen molar-refractivity contribution in [2.24, 2.45) is 0 Å². The van der Waals surface area contributed by atoms with Crippen molar-refractivity contribution in [1.29, 1.82) is 0 Å². The molecular formula is C48H37NO. The highest BCUT2D eigenvalue weighted by Gasteiger charge is 2.47. The first-order valence-corrected chi connectivity index (χ1v) is 16.9. The highest BCUT2D eigenvalue weighted by molar-refractivity contribution is 6.00. The second kappa shape index (κ2) is 12.3.